The van der Waals surface area contributed by atoms with Crippen molar-refractivity contribution in [3.8, 4) is 17.3 Å². The zero-order valence-corrected chi connectivity index (χ0v) is 15.5. The second kappa shape index (κ2) is 8.03. The quantitative estimate of drug-likeness (QED) is 0.510. The third-order valence-corrected chi connectivity index (χ3v) is 4.40. The normalized spacial score (nSPS) is 11.5. The van der Waals surface area contributed by atoms with E-state index in [4.69, 9.17) is 12.2 Å². The van der Waals surface area contributed by atoms with Crippen LogP contribution < -0.4 is 10.0 Å². The molecule has 2 N–H and O–H groups in total. The minimum Gasteiger partial charge on any atom is -0.872 e. The number of H-pyrrole nitrogens is 1. The van der Waals surface area contributed by atoms with Gasteiger partial charge in [0.05, 0.1) is 19.3 Å². The van der Waals surface area contributed by atoms with Gasteiger partial charge in [-0.15, -0.1) is 0 Å². The second-order valence-corrected chi connectivity index (χ2v) is 6.07. The maximum atomic E-state index is 12.4. The Morgan fingerprint density at radius 2 is 2.08 bits per heavy atom. The van der Waals surface area contributed by atoms with Crippen LogP contribution in [0.5, 0.6) is 5.75 Å². The molecule has 2 heterocycles. The van der Waals surface area contributed by atoms with Gasteiger partial charge in [-0.2, -0.15) is 14.9 Å². The Morgan fingerprint density at radius 3 is 2.73 bits per heavy atom. The van der Waals surface area contributed by atoms with E-state index in [1.165, 1.54) is 15.8 Å². The molecule has 0 unspecified atom stereocenters. The minimum atomic E-state index is -0.0694. The summed E-state index contributed by atoms with van der Waals surface area (Å²) < 4.78 is 1.79. The number of nitrogens with one attached hydrogen (secondary N) is 2. The average Bonchev–Trinajstić information content (AvgIpc) is 3.03. The summed E-state index contributed by atoms with van der Waals surface area (Å²) in [6.45, 7) is 6.05. The Balaban J connectivity index is 1.92. The van der Waals surface area contributed by atoms with Crippen molar-refractivity contribution >= 4 is 24.1 Å². The number of hydrogen-bond acceptors (Lipinski definition) is 5. The van der Waals surface area contributed by atoms with Gasteiger partial charge < -0.3 is 10.0 Å². The average molecular weight is 368 g/mol. The van der Waals surface area contributed by atoms with Crippen molar-refractivity contribution in [2.24, 2.45) is 5.10 Å². The molecular formula is C18H20N6OS. The van der Waals surface area contributed by atoms with Gasteiger partial charge in [-0.1, -0.05) is 11.8 Å². The molecule has 7 nitrogen and oxygen atoms in total. The lowest BCUT2D eigenvalue weighted by atomic mass is 10.2. The highest BCUT2D eigenvalue weighted by atomic mass is 32.1. The molecule has 0 aliphatic rings. The van der Waals surface area contributed by atoms with Crippen molar-refractivity contribution in [3.05, 3.63) is 52.9 Å². The first-order chi connectivity index (χ1) is 12.6. The van der Waals surface area contributed by atoms with Crippen molar-refractivity contribution in [1.82, 2.24) is 19.9 Å². The zero-order valence-electron chi connectivity index (χ0n) is 14.6. The summed E-state index contributed by atoms with van der Waals surface area (Å²) >= 11 is 5.23. The molecule has 2 aromatic heterocycles. The van der Waals surface area contributed by atoms with E-state index >= 15 is 0 Å². The number of hydrogen-bond donors (Lipinski definition) is 2. The molecule has 0 aliphatic carbocycles. The van der Waals surface area contributed by atoms with Gasteiger partial charge >= 0.3 is 0 Å². The lowest BCUT2D eigenvalue weighted by Gasteiger charge is -2.18. The van der Waals surface area contributed by atoms with Crippen molar-refractivity contribution in [3.63, 3.8) is 0 Å². The Hall–Kier alpha value is -2.84. The minimum absolute atomic E-state index is 0.0694. The molecular weight excluding hydrogens is 348 g/mol. The van der Waals surface area contributed by atoms with Crippen LogP contribution >= 0.6 is 12.2 Å². The van der Waals surface area contributed by atoms with E-state index in [0.29, 0.717) is 21.9 Å². The fourth-order valence-electron chi connectivity index (χ4n) is 2.70. The van der Waals surface area contributed by atoms with Crippen LogP contribution in [0.1, 0.15) is 19.4 Å². The lowest BCUT2D eigenvalue weighted by molar-refractivity contribution is -0.828. The number of quaternary nitrogens is 1. The standard InChI is InChI=1S/C18H20N6OS/c1-3-23(4-2)14-9-8-13(16(25)11-14)12-20-24-17(21-22-18(24)26)15-7-5-6-10-19-15/h5-12,25H,3-4H2,1-2H3,(H,22,26). The molecule has 3 rings (SSSR count). The number of aromatic nitrogens is 4. The van der Waals surface area contributed by atoms with E-state index in [1.807, 2.05) is 24.3 Å². The first-order valence-electron chi connectivity index (χ1n) is 8.43. The van der Waals surface area contributed by atoms with Crippen LogP contribution in [0.15, 0.2) is 47.7 Å². The fourth-order valence-corrected chi connectivity index (χ4v) is 2.88. The van der Waals surface area contributed by atoms with Crippen LogP contribution in [0.4, 0.5) is 5.69 Å². The summed E-state index contributed by atoms with van der Waals surface area (Å²) in [5.41, 5.74) is 2.13. The van der Waals surface area contributed by atoms with E-state index in [0.717, 1.165) is 18.8 Å². The topological polar surface area (TPSA) is 86.4 Å². The van der Waals surface area contributed by atoms with Crippen LogP contribution in [-0.4, -0.2) is 39.2 Å². The first kappa shape index (κ1) is 18.0. The van der Waals surface area contributed by atoms with E-state index in [9.17, 15) is 5.11 Å². The summed E-state index contributed by atoms with van der Waals surface area (Å²) in [6.07, 6.45) is 3.17. The van der Waals surface area contributed by atoms with Crippen LogP contribution in [0.2, 0.25) is 0 Å². The monoisotopic (exact) mass is 368 g/mol. The number of benzene rings is 1. The van der Waals surface area contributed by atoms with Gasteiger partial charge in [0.1, 0.15) is 11.4 Å². The molecule has 0 aliphatic heterocycles. The van der Waals surface area contributed by atoms with Gasteiger partial charge in [-0.3, -0.25) is 4.98 Å². The maximum absolute atomic E-state index is 12.4. The molecule has 0 radical (unpaired) electrons. The number of nitrogens with zero attached hydrogens (tertiary/aromatic N) is 4. The summed E-state index contributed by atoms with van der Waals surface area (Å²) in [5, 5.41) is 23.6. The van der Waals surface area contributed by atoms with Crippen LogP contribution in [0, 0.1) is 4.77 Å². The summed E-state index contributed by atoms with van der Waals surface area (Å²) in [6, 6.07) is 10.9. The molecule has 0 spiro atoms. The van der Waals surface area contributed by atoms with Gasteiger partial charge in [0.15, 0.2) is 0 Å². The van der Waals surface area contributed by atoms with E-state index < -0.39 is 0 Å². The van der Waals surface area contributed by atoms with Gasteiger partial charge in [0.25, 0.3) is 0 Å². The molecule has 134 valence electrons. The molecule has 0 amide bonds. The number of rotatable bonds is 6. The predicted octanol–water partition coefficient (Wildman–Crippen LogP) is 1.51. The Bertz CT molecular complexity index is 959. The van der Waals surface area contributed by atoms with Crippen molar-refractivity contribution in [2.45, 2.75) is 13.8 Å². The molecule has 0 bridgehead atoms. The van der Waals surface area contributed by atoms with Gasteiger partial charge in [-0.25, -0.2) is 5.10 Å². The third-order valence-electron chi connectivity index (χ3n) is 4.13. The number of pyridine rings is 1. The molecule has 0 saturated carbocycles. The van der Waals surface area contributed by atoms with E-state index in [-0.39, 0.29) is 5.75 Å². The molecule has 0 atom stereocenters. The SMILES string of the molecule is CC[NH+](CC)c1ccc(C=Nn2c(-c3ccccn3)n[nH]c2=S)c([O-])c1. The smallest absolute Gasteiger partial charge is 0.216 e. The highest BCUT2D eigenvalue weighted by Gasteiger charge is 2.09. The van der Waals surface area contributed by atoms with Crippen LogP contribution in [-0.2, 0) is 0 Å². The molecule has 1 aromatic carbocycles. The van der Waals surface area contributed by atoms with Gasteiger partial charge in [0, 0.05) is 6.20 Å². The van der Waals surface area contributed by atoms with Crippen LogP contribution in [0.3, 0.4) is 0 Å². The Kier molecular flexibility index (Phi) is 5.55. The highest BCUT2D eigenvalue weighted by Crippen LogP contribution is 2.17. The predicted molar refractivity (Wildman–Crippen MR) is 101 cm³/mol. The maximum Gasteiger partial charge on any atom is 0.216 e. The molecule has 8 heteroatoms. The lowest BCUT2D eigenvalue weighted by Crippen LogP contribution is -3.06. The molecule has 26 heavy (non-hydrogen) atoms. The van der Waals surface area contributed by atoms with E-state index in [2.05, 4.69) is 34.1 Å². The second-order valence-electron chi connectivity index (χ2n) is 5.69. The van der Waals surface area contributed by atoms with Crippen LogP contribution in [0.25, 0.3) is 11.5 Å². The third kappa shape index (κ3) is 3.71. The first-order valence-corrected chi connectivity index (χ1v) is 8.84. The summed E-state index contributed by atoms with van der Waals surface area (Å²) in [7, 11) is 0. The van der Waals surface area contributed by atoms with Gasteiger partial charge in [0.2, 0.25) is 10.6 Å². The van der Waals surface area contributed by atoms with E-state index in [1.54, 1.807) is 18.3 Å². The summed E-state index contributed by atoms with van der Waals surface area (Å²) in [5.74, 6) is 0.420. The molecule has 0 fully saturated rings. The van der Waals surface area contributed by atoms with Crippen molar-refractivity contribution in [1.29, 1.82) is 0 Å². The zero-order chi connectivity index (χ0) is 18.5. The highest BCUT2D eigenvalue weighted by molar-refractivity contribution is 7.71. The fraction of sp³-hybridized carbons (Fsp3) is 0.222. The largest absolute Gasteiger partial charge is 0.872 e. The number of aromatic amines is 1. The Morgan fingerprint density at radius 1 is 1.27 bits per heavy atom. The van der Waals surface area contributed by atoms with Gasteiger partial charge in [-0.05, 0) is 62.0 Å². The molecule has 3 aromatic rings. The molecule has 0 saturated heterocycles. The van der Waals surface area contributed by atoms with Crippen molar-refractivity contribution in [2.75, 3.05) is 13.1 Å². The summed E-state index contributed by atoms with van der Waals surface area (Å²) in [4.78, 5) is 5.52. The van der Waals surface area contributed by atoms with Crippen molar-refractivity contribution < 1.29 is 10.0 Å². The Labute approximate surface area is 156 Å².